The molecule has 0 saturated heterocycles. The van der Waals surface area contributed by atoms with Crippen LogP contribution in [0.15, 0.2) is 18.2 Å². The molecule has 0 aliphatic heterocycles. The van der Waals surface area contributed by atoms with Crippen molar-refractivity contribution in [2.45, 2.75) is 44.9 Å². The molecular formula is C14H21N. The molecular weight excluding hydrogens is 182 g/mol. The molecule has 1 fully saturated rings. The van der Waals surface area contributed by atoms with Crippen molar-refractivity contribution in [1.29, 1.82) is 0 Å². The summed E-state index contributed by atoms with van der Waals surface area (Å²) in [5.41, 5.74) is 10.5. The lowest BCUT2D eigenvalue weighted by Gasteiger charge is -2.42. The van der Waals surface area contributed by atoms with Gasteiger partial charge in [0, 0.05) is 0 Å². The molecule has 0 amide bonds. The molecule has 0 aromatic heterocycles. The van der Waals surface area contributed by atoms with Gasteiger partial charge in [-0.15, -0.1) is 0 Å². The van der Waals surface area contributed by atoms with Crippen LogP contribution in [0.3, 0.4) is 0 Å². The van der Waals surface area contributed by atoms with Crippen molar-refractivity contribution >= 4 is 0 Å². The number of aryl methyl sites for hydroxylation is 2. The largest absolute Gasteiger partial charge is 0.330 e. The minimum atomic E-state index is 0.424. The van der Waals surface area contributed by atoms with Gasteiger partial charge in [-0.2, -0.15) is 0 Å². The molecule has 0 atom stereocenters. The monoisotopic (exact) mass is 203 g/mol. The summed E-state index contributed by atoms with van der Waals surface area (Å²) in [6.07, 6.45) is 5.17. The Balaban J connectivity index is 2.30. The quantitative estimate of drug-likeness (QED) is 0.802. The highest BCUT2D eigenvalue weighted by atomic mass is 14.6. The van der Waals surface area contributed by atoms with Crippen LogP contribution in [0.2, 0.25) is 0 Å². The second-order valence-electron chi connectivity index (χ2n) is 4.97. The van der Waals surface area contributed by atoms with E-state index in [-0.39, 0.29) is 0 Å². The summed E-state index contributed by atoms with van der Waals surface area (Å²) < 4.78 is 0. The van der Waals surface area contributed by atoms with Gasteiger partial charge in [0.2, 0.25) is 0 Å². The molecule has 2 rings (SSSR count). The molecule has 1 aliphatic rings. The third-order valence-corrected chi connectivity index (χ3v) is 4.05. The van der Waals surface area contributed by atoms with Gasteiger partial charge in [-0.3, -0.25) is 0 Å². The molecule has 1 aromatic rings. The number of benzene rings is 1. The summed E-state index contributed by atoms with van der Waals surface area (Å²) >= 11 is 0. The normalized spacial score (nSPS) is 18.6. The zero-order chi connectivity index (χ0) is 10.9. The molecule has 1 nitrogen and oxygen atoms in total. The van der Waals surface area contributed by atoms with Gasteiger partial charge >= 0.3 is 0 Å². The van der Waals surface area contributed by atoms with Crippen LogP contribution < -0.4 is 5.73 Å². The molecule has 0 bridgehead atoms. The van der Waals surface area contributed by atoms with Crippen LogP contribution in [0.1, 0.15) is 42.4 Å². The van der Waals surface area contributed by atoms with Crippen molar-refractivity contribution in [3.05, 3.63) is 34.9 Å². The maximum absolute atomic E-state index is 5.73. The first-order valence-corrected chi connectivity index (χ1v) is 5.96. The van der Waals surface area contributed by atoms with Gasteiger partial charge in [0.15, 0.2) is 0 Å². The molecule has 1 heteroatoms. The van der Waals surface area contributed by atoms with E-state index in [1.54, 1.807) is 0 Å². The summed E-state index contributed by atoms with van der Waals surface area (Å²) in [5.74, 6) is 0. The Bertz CT molecular complexity index is 350. The van der Waals surface area contributed by atoms with E-state index in [0.29, 0.717) is 5.41 Å². The van der Waals surface area contributed by atoms with E-state index < -0.39 is 0 Å². The lowest BCUT2D eigenvalue weighted by Crippen LogP contribution is -2.36. The van der Waals surface area contributed by atoms with E-state index >= 15 is 0 Å². The minimum Gasteiger partial charge on any atom is -0.330 e. The fraction of sp³-hybridized carbons (Fsp3) is 0.571. The molecule has 2 N–H and O–H groups in total. The Morgan fingerprint density at radius 3 is 2.40 bits per heavy atom. The van der Waals surface area contributed by atoms with Gasteiger partial charge in [0.1, 0.15) is 0 Å². The van der Waals surface area contributed by atoms with Gasteiger partial charge in [0.05, 0.1) is 0 Å². The highest BCUT2D eigenvalue weighted by Gasteiger charge is 2.37. The van der Waals surface area contributed by atoms with Gasteiger partial charge in [-0.05, 0) is 61.8 Å². The van der Waals surface area contributed by atoms with Crippen LogP contribution >= 0.6 is 0 Å². The van der Waals surface area contributed by atoms with Gasteiger partial charge < -0.3 is 5.73 Å². The van der Waals surface area contributed by atoms with Crippen LogP contribution in [-0.4, -0.2) is 6.54 Å². The first-order valence-electron chi connectivity index (χ1n) is 5.96. The first kappa shape index (κ1) is 10.7. The molecule has 0 unspecified atom stereocenters. The fourth-order valence-corrected chi connectivity index (χ4v) is 2.63. The van der Waals surface area contributed by atoms with E-state index in [0.717, 1.165) is 13.0 Å². The van der Waals surface area contributed by atoms with Crippen molar-refractivity contribution in [3.8, 4) is 0 Å². The Kier molecular flexibility index (Phi) is 2.83. The maximum Gasteiger partial charge on any atom is -0.00349 e. The van der Waals surface area contributed by atoms with E-state index in [4.69, 9.17) is 5.73 Å². The average Bonchev–Trinajstić information content (AvgIpc) is 2.16. The maximum atomic E-state index is 5.73. The van der Waals surface area contributed by atoms with Crippen molar-refractivity contribution in [2.75, 3.05) is 6.54 Å². The predicted molar refractivity (Wildman–Crippen MR) is 65.1 cm³/mol. The van der Waals surface area contributed by atoms with E-state index in [2.05, 4.69) is 32.0 Å². The van der Waals surface area contributed by atoms with Gasteiger partial charge in [-0.25, -0.2) is 0 Å². The lowest BCUT2D eigenvalue weighted by molar-refractivity contribution is 0.229. The molecule has 1 aliphatic carbocycles. The Morgan fingerprint density at radius 2 is 1.93 bits per heavy atom. The molecule has 0 radical (unpaired) electrons. The Hall–Kier alpha value is -0.820. The Morgan fingerprint density at radius 1 is 1.20 bits per heavy atom. The summed E-state index contributed by atoms with van der Waals surface area (Å²) in [6, 6.07) is 6.92. The van der Waals surface area contributed by atoms with Crippen molar-refractivity contribution in [2.24, 2.45) is 5.73 Å². The topological polar surface area (TPSA) is 26.0 Å². The second-order valence-corrected chi connectivity index (χ2v) is 4.97. The highest BCUT2D eigenvalue weighted by molar-refractivity contribution is 5.36. The van der Waals surface area contributed by atoms with Gasteiger partial charge in [0.25, 0.3) is 0 Å². The van der Waals surface area contributed by atoms with Crippen molar-refractivity contribution in [1.82, 2.24) is 0 Å². The number of hydrogen-bond donors (Lipinski definition) is 1. The summed E-state index contributed by atoms with van der Waals surface area (Å²) in [6.45, 7) is 5.19. The summed E-state index contributed by atoms with van der Waals surface area (Å²) in [7, 11) is 0. The van der Waals surface area contributed by atoms with Crippen LogP contribution in [0.5, 0.6) is 0 Å². The minimum absolute atomic E-state index is 0.424. The van der Waals surface area contributed by atoms with Crippen LogP contribution in [0, 0.1) is 13.8 Å². The third kappa shape index (κ3) is 1.81. The molecule has 0 heterocycles. The number of hydrogen-bond acceptors (Lipinski definition) is 1. The highest BCUT2D eigenvalue weighted by Crippen LogP contribution is 2.46. The Labute approximate surface area is 92.7 Å². The molecule has 82 valence electrons. The SMILES string of the molecule is Cc1ccc(C2(CCN)CCC2)cc1C. The average molecular weight is 203 g/mol. The standard InChI is InChI=1S/C14H21N/c1-11-4-5-13(10-12(11)2)14(8-9-15)6-3-7-14/h4-5,10H,3,6-9,15H2,1-2H3. The smallest absolute Gasteiger partial charge is 0.00349 e. The number of nitrogens with two attached hydrogens (primary N) is 1. The second kappa shape index (κ2) is 3.97. The van der Waals surface area contributed by atoms with Crippen LogP contribution in [-0.2, 0) is 5.41 Å². The lowest BCUT2D eigenvalue weighted by atomic mass is 9.62. The first-order chi connectivity index (χ1) is 7.18. The summed E-state index contributed by atoms with van der Waals surface area (Å²) in [5, 5.41) is 0. The molecule has 15 heavy (non-hydrogen) atoms. The molecule has 0 spiro atoms. The van der Waals surface area contributed by atoms with E-state index in [1.165, 1.54) is 36.0 Å². The predicted octanol–water partition coefficient (Wildman–Crippen LogP) is 3.07. The zero-order valence-corrected chi connectivity index (χ0v) is 9.84. The van der Waals surface area contributed by atoms with E-state index in [9.17, 15) is 0 Å². The third-order valence-electron chi connectivity index (χ3n) is 4.05. The molecule has 1 aromatic carbocycles. The van der Waals surface area contributed by atoms with Crippen LogP contribution in [0.4, 0.5) is 0 Å². The van der Waals surface area contributed by atoms with Gasteiger partial charge in [-0.1, -0.05) is 24.6 Å². The summed E-state index contributed by atoms with van der Waals surface area (Å²) in [4.78, 5) is 0. The van der Waals surface area contributed by atoms with Crippen molar-refractivity contribution in [3.63, 3.8) is 0 Å². The van der Waals surface area contributed by atoms with Crippen LogP contribution in [0.25, 0.3) is 0 Å². The van der Waals surface area contributed by atoms with E-state index in [1.807, 2.05) is 0 Å². The molecule has 1 saturated carbocycles. The number of rotatable bonds is 3. The zero-order valence-electron chi connectivity index (χ0n) is 9.84. The fourth-order valence-electron chi connectivity index (χ4n) is 2.63. The van der Waals surface area contributed by atoms with Crippen molar-refractivity contribution < 1.29 is 0 Å².